The van der Waals surface area contributed by atoms with Gasteiger partial charge in [-0.1, -0.05) is 97.1 Å². The van der Waals surface area contributed by atoms with Gasteiger partial charge in [-0.05, 0) is 44.5 Å². The van der Waals surface area contributed by atoms with Gasteiger partial charge >= 0.3 is 26.2 Å². The molecule has 4 heteroatoms. The van der Waals surface area contributed by atoms with Gasteiger partial charge in [-0.25, -0.2) is 0 Å². The van der Waals surface area contributed by atoms with Crippen molar-refractivity contribution in [2.24, 2.45) is 0 Å². The molecule has 4 aromatic carbocycles. The minimum atomic E-state index is 0. The molecule has 0 spiro atoms. The number of halogens is 2. The van der Waals surface area contributed by atoms with Crippen LogP contribution in [0, 0.1) is 0 Å². The summed E-state index contributed by atoms with van der Waals surface area (Å²) >= 11 is 0. The third kappa shape index (κ3) is 3.49. The Hall–Kier alpha value is -1.44. The summed E-state index contributed by atoms with van der Waals surface area (Å²) in [5.41, 5.74) is 12.7. The fraction of sp³-hybridized carbons (Fsp3) is 0.0769. The summed E-state index contributed by atoms with van der Waals surface area (Å²) in [6.45, 7) is 0. The van der Waals surface area contributed by atoms with Crippen LogP contribution in [0.1, 0.15) is 33.3 Å². The Morgan fingerprint density at radius 2 is 0.633 bits per heavy atom. The van der Waals surface area contributed by atoms with Crippen molar-refractivity contribution in [2.45, 2.75) is 11.1 Å². The van der Waals surface area contributed by atoms with Crippen LogP contribution < -0.4 is 24.8 Å². The molecule has 0 N–H and O–H groups in total. The van der Waals surface area contributed by atoms with E-state index in [-0.39, 0.29) is 51.0 Å². The Morgan fingerprint density at radius 3 is 0.900 bits per heavy atom. The van der Waals surface area contributed by atoms with Crippen molar-refractivity contribution in [1.82, 2.24) is 0 Å². The molecule has 4 aromatic rings. The zero-order chi connectivity index (χ0) is 17.8. The van der Waals surface area contributed by atoms with Gasteiger partial charge in [0.15, 0.2) is 0 Å². The van der Waals surface area contributed by atoms with Crippen LogP contribution in [0.4, 0.5) is 0 Å². The normalized spacial score (nSPS) is 13.1. The largest absolute Gasteiger partial charge is 2.00 e. The number of fused-ring (bicyclic) bond motifs is 6. The fourth-order valence-corrected chi connectivity index (χ4v) is 6.90. The summed E-state index contributed by atoms with van der Waals surface area (Å²) in [5, 5.41) is 0. The maximum atomic E-state index is 2.33. The van der Waals surface area contributed by atoms with Crippen LogP contribution in [0.25, 0.3) is 22.3 Å². The Bertz CT molecular complexity index is 1010. The first-order chi connectivity index (χ1) is 13.4. The van der Waals surface area contributed by atoms with Gasteiger partial charge in [0, 0.05) is 11.1 Å². The van der Waals surface area contributed by atoms with E-state index in [4.69, 9.17) is 0 Å². The van der Waals surface area contributed by atoms with Crippen LogP contribution in [-0.2, 0) is 26.2 Å². The van der Waals surface area contributed by atoms with Crippen molar-refractivity contribution < 1.29 is 51.0 Å². The van der Waals surface area contributed by atoms with Crippen molar-refractivity contribution in [2.75, 3.05) is 0 Å². The first-order valence-corrected chi connectivity index (χ1v) is 10.7. The molecule has 0 fully saturated rings. The predicted octanol–water partition coefficient (Wildman–Crippen LogP) is 0.236. The van der Waals surface area contributed by atoms with E-state index in [0.717, 1.165) is 9.52 Å². The van der Waals surface area contributed by atoms with Crippen LogP contribution in [-0.4, -0.2) is 9.52 Å². The van der Waals surface area contributed by atoms with Crippen molar-refractivity contribution in [3.8, 4) is 22.3 Å². The maximum absolute atomic E-state index is 2.33. The second kappa shape index (κ2) is 9.37. The Labute approximate surface area is 211 Å². The van der Waals surface area contributed by atoms with Crippen LogP contribution in [0.15, 0.2) is 97.1 Å². The van der Waals surface area contributed by atoms with Gasteiger partial charge in [-0.15, -0.1) is 0 Å². The van der Waals surface area contributed by atoms with Crippen LogP contribution in [0.3, 0.4) is 0 Å². The number of hydrogen-bond donors (Lipinski definition) is 0. The second-order valence-electron chi connectivity index (χ2n) is 7.38. The molecule has 0 saturated carbocycles. The molecule has 0 nitrogen and oxygen atoms in total. The first-order valence-electron chi connectivity index (χ1n) is 9.54. The topological polar surface area (TPSA) is 0 Å². The molecule has 0 aromatic heterocycles. The quantitative estimate of drug-likeness (QED) is 0.332. The van der Waals surface area contributed by atoms with Crippen molar-refractivity contribution in [3.63, 3.8) is 0 Å². The number of rotatable bonds is 2. The van der Waals surface area contributed by atoms with E-state index in [1.165, 1.54) is 44.5 Å². The summed E-state index contributed by atoms with van der Waals surface area (Å²) in [4.78, 5) is 0. The molecule has 2 aliphatic carbocycles. The van der Waals surface area contributed by atoms with Crippen molar-refractivity contribution in [1.29, 1.82) is 0 Å². The van der Waals surface area contributed by atoms with Gasteiger partial charge in [0.05, 0.1) is 9.52 Å². The molecule has 2 radical (unpaired) electrons. The second-order valence-corrected chi connectivity index (χ2v) is 8.87. The summed E-state index contributed by atoms with van der Waals surface area (Å²) in [6, 6.07) is 35.9. The van der Waals surface area contributed by atoms with Gasteiger partial charge in [0.2, 0.25) is 0 Å². The van der Waals surface area contributed by atoms with Crippen LogP contribution in [0.5, 0.6) is 0 Å². The zero-order valence-electron chi connectivity index (χ0n) is 16.1. The SMILES string of the molecule is [Cl-].[Cl-].[Zr+2].c1ccc2c(c1)-c1ccccc1C2[Si]C1c2ccccc2-c2ccccc21. The molecule has 0 saturated heterocycles. The third-order valence-electron chi connectivity index (χ3n) is 6.00. The van der Waals surface area contributed by atoms with E-state index >= 15 is 0 Å². The fourth-order valence-electron chi connectivity index (χ4n) is 4.84. The minimum absolute atomic E-state index is 0. The molecule has 2 aliphatic rings. The van der Waals surface area contributed by atoms with E-state index in [2.05, 4.69) is 97.1 Å². The molecule has 30 heavy (non-hydrogen) atoms. The minimum Gasteiger partial charge on any atom is -1.00 e. The van der Waals surface area contributed by atoms with Gasteiger partial charge in [0.1, 0.15) is 0 Å². The van der Waals surface area contributed by atoms with Crippen molar-refractivity contribution >= 4 is 9.52 Å². The summed E-state index contributed by atoms with van der Waals surface area (Å²) in [6.07, 6.45) is 0. The molecule has 0 aliphatic heterocycles. The Morgan fingerprint density at radius 1 is 0.400 bits per heavy atom. The van der Waals surface area contributed by atoms with E-state index < -0.39 is 0 Å². The monoisotopic (exact) mass is 518 g/mol. The van der Waals surface area contributed by atoms with Gasteiger partial charge in [-0.3, -0.25) is 0 Å². The zero-order valence-corrected chi connectivity index (χ0v) is 21.1. The predicted molar refractivity (Wildman–Crippen MR) is 113 cm³/mol. The van der Waals surface area contributed by atoms with Gasteiger partial charge < -0.3 is 24.8 Å². The van der Waals surface area contributed by atoms with Crippen LogP contribution >= 0.6 is 0 Å². The van der Waals surface area contributed by atoms with E-state index in [1.807, 2.05) is 0 Å². The molecule has 0 atom stereocenters. The molecule has 0 heterocycles. The molecule has 144 valence electrons. The molecule has 6 rings (SSSR count). The van der Waals surface area contributed by atoms with Crippen molar-refractivity contribution in [3.05, 3.63) is 119 Å². The summed E-state index contributed by atoms with van der Waals surface area (Å²) in [7, 11) is 0.808. The first kappa shape index (κ1) is 23.2. The molecular formula is C26H18Cl2SiZr. The summed E-state index contributed by atoms with van der Waals surface area (Å²) in [5.74, 6) is 0. The number of benzene rings is 4. The van der Waals surface area contributed by atoms with E-state index in [0.29, 0.717) is 11.1 Å². The summed E-state index contributed by atoms with van der Waals surface area (Å²) < 4.78 is 0. The Kier molecular flexibility index (Phi) is 7.25. The van der Waals surface area contributed by atoms with Crippen LogP contribution in [0.2, 0.25) is 0 Å². The third-order valence-corrected chi connectivity index (χ3v) is 7.91. The Balaban J connectivity index is 0.000000853. The average Bonchev–Trinajstić information content (AvgIpc) is 3.23. The maximum Gasteiger partial charge on any atom is 2.00 e. The standard InChI is InChI=1S/C26H18Si.2ClH.Zr/c1-5-13-21-17(9-1)18-10-2-6-14-22(18)25(21)27-26-23-15-7-3-11-19(23)20-12-4-8-16-24(20)26;;;/h1-16,25-26H;2*1H;/q;;;+2/p-2. The average molecular weight is 521 g/mol. The van der Waals surface area contributed by atoms with E-state index in [9.17, 15) is 0 Å². The smallest absolute Gasteiger partial charge is 1.00 e. The molecular weight excluding hydrogens is 503 g/mol. The van der Waals surface area contributed by atoms with E-state index in [1.54, 1.807) is 0 Å². The molecule has 0 unspecified atom stereocenters. The van der Waals surface area contributed by atoms with Gasteiger partial charge in [0.25, 0.3) is 0 Å². The van der Waals surface area contributed by atoms with Gasteiger partial charge in [-0.2, -0.15) is 0 Å². The number of hydrogen-bond acceptors (Lipinski definition) is 0. The molecule has 0 amide bonds. The molecule has 0 bridgehead atoms.